The zero-order valence-electron chi connectivity index (χ0n) is 20.9. The lowest BCUT2D eigenvalue weighted by molar-refractivity contribution is 0.0669. The number of piperazine rings is 1. The van der Waals surface area contributed by atoms with Crippen molar-refractivity contribution in [2.24, 2.45) is 0 Å². The minimum absolute atomic E-state index is 0.00316. The number of fused-ring (bicyclic) bond motifs is 3. The molecule has 1 atom stereocenters. The molecule has 0 radical (unpaired) electrons. The standard InChI is InChI=1S/C28H32N6O2/c1-19-18-32(16-17-33(19)27(35)22-13-7-9-15-24(22)36-2)28-29-23-14-8-6-12-21(23)26-31-30-25(34(26)28)20-10-4-3-5-11-20/h6-9,12-15,19-20H,3-5,10-11,16-18H2,1-2H3/t19-/m1/s1. The van der Waals surface area contributed by atoms with Crippen molar-refractivity contribution in [2.45, 2.75) is 51.0 Å². The number of hydrogen-bond donors (Lipinski definition) is 0. The summed E-state index contributed by atoms with van der Waals surface area (Å²) in [5.74, 6) is 2.92. The molecule has 1 saturated carbocycles. The lowest BCUT2D eigenvalue weighted by atomic mass is 9.89. The lowest BCUT2D eigenvalue weighted by Gasteiger charge is -2.40. The molecule has 4 aromatic rings. The smallest absolute Gasteiger partial charge is 0.257 e. The van der Waals surface area contributed by atoms with Crippen molar-refractivity contribution in [1.29, 1.82) is 0 Å². The van der Waals surface area contributed by atoms with E-state index in [1.54, 1.807) is 7.11 Å². The molecule has 2 aliphatic rings. The van der Waals surface area contributed by atoms with Crippen molar-refractivity contribution in [2.75, 3.05) is 31.6 Å². The number of benzene rings is 2. The molecule has 186 valence electrons. The van der Waals surface area contributed by atoms with Crippen molar-refractivity contribution in [1.82, 2.24) is 24.5 Å². The number of para-hydroxylation sites is 2. The van der Waals surface area contributed by atoms with Crippen LogP contribution in [0.2, 0.25) is 0 Å². The Morgan fingerprint density at radius 2 is 1.75 bits per heavy atom. The monoisotopic (exact) mass is 484 g/mol. The molecule has 1 aliphatic heterocycles. The van der Waals surface area contributed by atoms with Gasteiger partial charge >= 0.3 is 0 Å². The molecule has 1 aliphatic carbocycles. The number of methoxy groups -OCH3 is 1. The van der Waals surface area contributed by atoms with Crippen LogP contribution in [0.5, 0.6) is 5.75 Å². The van der Waals surface area contributed by atoms with E-state index < -0.39 is 0 Å². The quantitative estimate of drug-likeness (QED) is 0.419. The van der Waals surface area contributed by atoms with Gasteiger partial charge in [0.05, 0.1) is 18.2 Å². The van der Waals surface area contributed by atoms with E-state index in [0.29, 0.717) is 36.9 Å². The summed E-state index contributed by atoms with van der Waals surface area (Å²) in [4.78, 5) is 22.8. The van der Waals surface area contributed by atoms with Gasteiger partial charge in [0.25, 0.3) is 5.91 Å². The first-order valence-corrected chi connectivity index (χ1v) is 13.0. The van der Waals surface area contributed by atoms with E-state index in [4.69, 9.17) is 14.8 Å². The number of aromatic nitrogens is 4. The summed E-state index contributed by atoms with van der Waals surface area (Å²) in [6, 6.07) is 15.6. The van der Waals surface area contributed by atoms with E-state index in [1.807, 2.05) is 47.4 Å². The van der Waals surface area contributed by atoms with E-state index in [9.17, 15) is 4.79 Å². The van der Waals surface area contributed by atoms with Gasteiger partial charge in [-0.1, -0.05) is 43.5 Å². The van der Waals surface area contributed by atoms with Gasteiger partial charge in [0, 0.05) is 37.0 Å². The molecule has 0 N–H and O–H groups in total. The third-order valence-electron chi connectivity index (χ3n) is 7.73. The minimum Gasteiger partial charge on any atom is -0.496 e. The van der Waals surface area contributed by atoms with Crippen LogP contribution >= 0.6 is 0 Å². The number of carbonyl (C=O) groups is 1. The number of hydrogen-bond acceptors (Lipinski definition) is 6. The summed E-state index contributed by atoms with van der Waals surface area (Å²) in [5.41, 5.74) is 2.39. The molecule has 0 bridgehead atoms. The molecule has 36 heavy (non-hydrogen) atoms. The third kappa shape index (κ3) is 3.85. The average molecular weight is 485 g/mol. The highest BCUT2D eigenvalue weighted by Gasteiger charge is 2.32. The van der Waals surface area contributed by atoms with Crippen molar-refractivity contribution in [3.05, 3.63) is 59.9 Å². The summed E-state index contributed by atoms with van der Waals surface area (Å²) < 4.78 is 7.65. The first-order chi connectivity index (χ1) is 17.7. The van der Waals surface area contributed by atoms with Crippen LogP contribution in [-0.2, 0) is 0 Å². The Bertz CT molecular complexity index is 1410. The Labute approximate surface area is 210 Å². The largest absolute Gasteiger partial charge is 0.496 e. The first-order valence-electron chi connectivity index (χ1n) is 13.0. The highest BCUT2D eigenvalue weighted by Crippen LogP contribution is 2.35. The van der Waals surface area contributed by atoms with E-state index >= 15 is 0 Å². The van der Waals surface area contributed by atoms with Crippen LogP contribution in [-0.4, -0.2) is 63.2 Å². The molecule has 6 rings (SSSR count). The summed E-state index contributed by atoms with van der Waals surface area (Å²) in [6.45, 7) is 4.08. The summed E-state index contributed by atoms with van der Waals surface area (Å²) >= 11 is 0. The maximum absolute atomic E-state index is 13.4. The Hall–Kier alpha value is -3.68. The van der Waals surface area contributed by atoms with Crippen molar-refractivity contribution in [3.63, 3.8) is 0 Å². The Kier molecular flexibility index (Phi) is 5.95. The second-order valence-corrected chi connectivity index (χ2v) is 9.97. The second-order valence-electron chi connectivity index (χ2n) is 9.97. The second kappa shape index (κ2) is 9.41. The molecule has 2 aromatic heterocycles. The molecule has 3 heterocycles. The number of nitrogens with zero attached hydrogens (tertiary/aromatic N) is 6. The molecule has 0 unspecified atom stereocenters. The normalized spacial score (nSPS) is 19.2. The molecular formula is C28H32N6O2. The zero-order chi connectivity index (χ0) is 24.6. The Morgan fingerprint density at radius 3 is 2.56 bits per heavy atom. The summed E-state index contributed by atoms with van der Waals surface area (Å²) in [6.07, 6.45) is 6.05. The van der Waals surface area contributed by atoms with Crippen molar-refractivity contribution < 1.29 is 9.53 Å². The van der Waals surface area contributed by atoms with Crippen LogP contribution in [0.15, 0.2) is 48.5 Å². The predicted molar refractivity (Wildman–Crippen MR) is 140 cm³/mol. The molecule has 1 saturated heterocycles. The summed E-state index contributed by atoms with van der Waals surface area (Å²) in [7, 11) is 1.60. The number of ether oxygens (including phenoxy) is 1. The van der Waals surface area contributed by atoms with E-state index in [-0.39, 0.29) is 11.9 Å². The third-order valence-corrected chi connectivity index (χ3v) is 7.73. The van der Waals surface area contributed by atoms with Gasteiger partial charge in [-0.2, -0.15) is 0 Å². The topological polar surface area (TPSA) is 75.9 Å². The van der Waals surface area contributed by atoms with Gasteiger partial charge in [-0.3, -0.25) is 4.79 Å². The zero-order valence-corrected chi connectivity index (χ0v) is 20.9. The van der Waals surface area contributed by atoms with Gasteiger partial charge in [0.15, 0.2) is 5.65 Å². The molecular weight excluding hydrogens is 452 g/mol. The van der Waals surface area contributed by atoms with Crippen molar-refractivity contribution >= 4 is 28.4 Å². The fraction of sp³-hybridized carbons (Fsp3) is 0.429. The highest BCUT2D eigenvalue weighted by molar-refractivity contribution is 5.97. The molecule has 0 spiro atoms. The average Bonchev–Trinajstić information content (AvgIpc) is 3.38. The fourth-order valence-electron chi connectivity index (χ4n) is 5.84. The highest BCUT2D eigenvalue weighted by atomic mass is 16.5. The van der Waals surface area contributed by atoms with Gasteiger partial charge in [0.1, 0.15) is 11.6 Å². The summed E-state index contributed by atoms with van der Waals surface area (Å²) in [5, 5.41) is 10.4. The number of anilines is 1. The van der Waals surface area contributed by atoms with Crippen LogP contribution in [0.1, 0.15) is 61.1 Å². The fourth-order valence-corrected chi connectivity index (χ4v) is 5.84. The van der Waals surface area contributed by atoms with Gasteiger partial charge in [-0.25, -0.2) is 9.38 Å². The van der Waals surface area contributed by atoms with Crippen molar-refractivity contribution in [3.8, 4) is 5.75 Å². The number of amides is 1. The van der Waals surface area contributed by atoms with Crippen LogP contribution in [0.3, 0.4) is 0 Å². The van der Waals surface area contributed by atoms with Crippen LogP contribution in [0.4, 0.5) is 5.95 Å². The lowest BCUT2D eigenvalue weighted by Crippen LogP contribution is -2.54. The molecule has 8 nitrogen and oxygen atoms in total. The van der Waals surface area contributed by atoms with Crippen LogP contribution in [0, 0.1) is 0 Å². The van der Waals surface area contributed by atoms with Crippen LogP contribution in [0.25, 0.3) is 16.6 Å². The van der Waals surface area contributed by atoms with Crippen LogP contribution < -0.4 is 9.64 Å². The van der Waals surface area contributed by atoms with E-state index in [1.165, 1.54) is 19.3 Å². The Morgan fingerprint density at radius 1 is 0.972 bits per heavy atom. The number of carbonyl (C=O) groups excluding carboxylic acids is 1. The first kappa shape index (κ1) is 22.8. The van der Waals surface area contributed by atoms with Gasteiger partial charge in [-0.15, -0.1) is 10.2 Å². The van der Waals surface area contributed by atoms with E-state index in [0.717, 1.165) is 41.2 Å². The molecule has 1 amide bonds. The minimum atomic E-state index is 0.00316. The SMILES string of the molecule is COc1ccccc1C(=O)N1CCN(c2nc3ccccc3c3nnc(C4CCCCC4)n23)C[C@H]1C. The maximum atomic E-state index is 13.4. The van der Waals surface area contributed by atoms with Gasteiger partial charge in [-0.05, 0) is 44.0 Å². The number of rotatable bonds is 4. The van der Waals surface area contributed by atoms with Gasteiger partial charge in [0.2, 0.25) is 5.95 Å². The predicted octanol–water partition coefficient (Wildman–Crippen LogP) is 4.68. The molecule has 2 aromatic carbocycles. The molecule has 8 heteroatoms. The Balaban J connectivity index is 1.36. The van der Waals surface area contributed by atoms with Gasteiger partial charge < -0.3 is 14.5 Å². The van der Waals surface area contributed by atoms with E-state index in [2.05, 4.69) is 27.4 Å². The maximum Gasteiger partial charge on any atom is 0.257 e. The molecule has 2 fully saturated rings.